The molecular weight excluding hydrogens is 485 g/mol. The lowest BCUT2D eigenvalue weighted by Crippen LogP contribution is -2.42. The number of halogens is 3. The van der Waals surface area contributed by atoms with Gasteiger partial charge < -0.3 is 20.3 Å². The van der Waals surface area contributed by atoms with Crippen LogP contribution in [0.2, 0.25) is 0 Å². The van der Waals surface area contributed by atoms with Crippen LogP contribution in [0.5, 0.6) is 0 Å². The molecule has 4 aliphatic rings. The zero-order chi connectivity index (χ0) is 24.8. The van der Waals surface area contributed by atoms with Crippen molar-refractivity contribution in [3.63, 3.8) is 0 Å². The van der Waals surface area contributed by atoms with Crippen LogP contribution in [0.3, 0.4) is 0 Å². The first-order valence-electron chi connectivity index (χ1n) is 11.5. The minimum atomic E-state index is -4.32. The number of rotatable bonds is 5. The summed E-state index contributed by atoms with van der Waals surface area (Å²) in [6, 6.07) is 1.75. The normalized spacial score (nSPS) is 26.1. The molecule has 0 aromatic carbocycles. The van der Waals surface area contributed by atoms with Gasteiger partial charge in [-0.25, -0.2) is 22.7 Å². The van der Waals surface area contributed by atoms with Crippen LogP contribution in [0, 0.1) is 5.92 Å². The maximum atomic E-state index is 13.4. The van der Waals surface area contributed by atoms with E-state index >= 15 is 0 Å². The summed E-state index contributed by atoms with van der Waals surface area (Å²) in [6.07, 6.45) is 3.44. The largest absolute Gasteiger partial charge is 0.395 e. The Hall–Kier alpha value is -2.64. The summed E-state index contributed by atoms with van der Waals surface area (Å²) in [5.41, 5.74) is 2.39. The maximum absolute atomic E-state index is 13.4. The number of anilines is 1. The highest BCUT2D eigenvalue weighted by Gasteiger charge is 2.43. The molecule has 0 saturated carbocycles. The van der Waals surface area contributed by atoms with E-state index in [-0.39, 0.29) is 12.5 Å². The van der Waals surface area contributed by atoms with Crippen molar-refractivity contribution in [2.45, 2.75) is 37.8 Å². The molecule has 190 valence electrons. The van der Waals surface area contributed by atoms with E-state index < -0.39 is 28.5 Å². The lowest BCUT2D eigenvalue weighted by molar-refractivity contribution is -0.160. The third kappa shape index (κ3) is 5.02. The van der Waals surface area contributed by atoms with E-state index in [1.807, 2.05) is 4.90 Å². The van der Waals surface area contributed by atoms with Crippen molar-refractivity contribution < 1.29 is 26.3 Å². The van der Waals surface area contributed by atoms with Gasteiger partial charge in [-0.15, -0.1) is 0 Å². The molecule has 2 atom stereocenters. The van der Waals surface area contributed by atoms with Crippen molar-refractivity contribution in [1.29, 1.82) is 0 Å². The van der Waals surface area contributed by atoms with E-state index in [9.17, 15) is 21.6 Å². The number of hydrogen-bond acceptors (Lipinski definition) is 8. The first kappa shape index (κ1) is 24.1. The fourth-order valence-electron chi connectivity index (χ4n) is 4.84. The van der Waals surface area contributed by atoms with Gasteiger partial charge in [0.2, 0.25) is 22.3 Å². The van der Waals surface area contributed by atoms with E-state index in [0.717, 1.165) is 0 Å². The molecule has 4 heterocycles. The number of piperidine rings is 1. The molecule has 9 nitrogen and oxygen atoms in total. The molecule has 2 unspecified atom stereocenters. The zero-order valence-electron chi connectivity index (χ0n) is 19.1. The molecule has 1 aromatic heterocycles. The van der Waals surface area contributed by atoms with Gasteiger partial charge in [-0.1, -0.05) is 18.2 Å². The van der Waals surface area contributed by atoms with E-state index in [1.54, 1.807) is 18.3 Å². The Morgan fingerprint density at radius 2 is 2.00 bits per heavy atom. The van der Waals surface area contributed by atoms with E-state index in [2.05, 4.69) is 20.6 Å². The molecular formula is C22H27F3N6O3S. The smallest absolute Gasteiger partial charge is 0.351 e. The standard InChI is InChI=1S/C22H27F3N6O3S/c1-35(32,33)30-9-6-16(7-10-30)27-20-26-8-5-17(28-20)19-18(29-21-31(19)11-12-34-21)14-3-2-4-15(13-14)22(23,24)25/h2-5,8,15-16,21,29H,6-7,9-13H2,1H3,(H,26,27,28). The molecule has 5 rings (SSSR count). The molecule has 3 aliphatic heterocycles. The fraction of sp³-hybridized carbons (Fsp3) is 0.545. The Kier molecular flexibility index (Phi) is 6.26. The summed E-state index contributed by atoms with van der Waals surface area (Å²) >= 11 is 0. The van der Waals surface area contributed by atoms with Crippen molar-refractivity contribution in [2.24, 2.45) is 5.92 Å². The average molecular weight is 513 g/mol. The van der Waals surface area contributed by atoms with Gasteiger partial charge in [0.25, 0.3) is 0 Å². The predicted octanol–water partition coefficient (Wildman–Crippen LogP) is 2.26. The lowest BCUT2D eigenvalue weighted by Gasteiger charge is -2.30. The number of aromatic nitrogens is 2. The topological polar surface area (TPSA) is 99.7 Å². The van der Waals surface area contributed by atoms with Crippen molar-refractivity contribution in [2.75, 3.05) is 37.8 Å². The molecule has 1 aliphatic carbocycles. The van der Waals surface area contributed by atoms with Gasteiger partial charge in [-0.05, 0) is 30.9 Å². The summed E-state index contributed by atoms with van der Waals surface area (Å²) < 4.78 is 70.9. The lowest BCUT2D eigenvalue weighted by atomic mass is 9.91. The number of alkyl halides is 3. The first-order valence-corrected chi connectivity index (χ1v) is 13.3. The highest BCUT2D eigenvalue weighted by molar-refractivity contribution is 7.88. The van der Waals surface area contributed by atoms with Crippen LogP contribution in [0.25, 0.3) is 5.70 Å². The molecule has 1 aromatic rings. The van der Waals surface area contributed by atoms with Gasteiger partial charge in [0.15, 0.2) is 0 Å². The molecule has 35 heavy (non-hydrogen) atoms. The number of hydrogen-bond donors (Lipinski definition) is 2. The number of sulfonamides is 1. The minimum Gasteiger partial charge on any atom is -0.351 e. The monoisotopic (exact) mass is 512 g/mol. The number of allylic oxidation sites excluding steroid dienone is 4. The van der Waals surface area contributed by atoms with Crippen LogP contribution in [0.1, 0.15) is 25.0 Å². The van der Waals surface area contributed by atoms with Gasteiger partial charge in [0.1, 0.15) is 0 Å². The van der Waals surface area contributed by atoms with Crippen LogP contribution in [-0.4, -0.2) is 78.7 Å². The number of nitrogens with one attached hydrogen (secondary N) is 2. The summed E-state index contributed by atoms with van der Waals surface area (Å²) in [5.74, 6) is -1.16. The molecule has 2 saturated heterocycles. The maximum Gasteiger partial charge on any atom is 0.395 e. The molecule has 0 amide bonds. The molecule has 13 heteroatoms. The zero-order valence-corrected chi connectivity index (χ0v) is 19.9. The summed E-state index contributed by atoms with van der Waals surface area (Å²) in [7, 11) is -3.22. The van der Waals surface area contributed by atoms with E-state index in [1.165, 1.54) is 22.7 Å². The van der Waals surface area contributed by atoms with Crippen LogP contribution in [0.15, 0.2) is 41.8 Å². The second-order valence-electron chi connectivity index (χ2n) is 9.06. The highest BCUT2D eigenvalue weighted by Crippen LogP contribution is 2.41. The quantitative estimate of drug-likeness (QED) is 0.620. The number of nitrogens with zero attached hydrogens (tertiary/aromatic N) is 4. The molecule has 2 fully saturated rings. The van der Waals surface area contributed by atoms with E-state index in [0.29, 0.717) is 67.7 Å². The van der Waals surface area contributed by atoms with Crippen molar-refractivity contribution >= 4 is 21.7 Å². The van der Waals surface area contributed by atoms with E-state index in [4.69, 9.17) is 4.74 Å². The van der Waals surface area contributed by atoms with Gasteiger partial charge >= 0.3 is 6.18 Å². The molecule has 2 N–H and O–H groups in total. The van der Waals surface area contributed by atoms with Crippen molar-refractivity contribution in [1.82, 2.24) is 24.5 Å². The Morgan fingerprint density at radius 1 is 1.23 bits per heavy atom. The highest BCUT2D eigenvalue weighted by atomic mass is 32.2. The summed E-state index contributed by atoms with van der Waals surface area (Å²) in [6.45, 7) is 1.92. The third-order valence-corrected chi connectivity index (χ3v) is 7.96. The Balaban J connectivity index is 1.39. The van der Waals surface area contributed by atoms with Gasteiger partial charge in [-0.3, -0.25) is 0 Å². The number of ether oxygens (including phenoxy) is 1. The Morgan fingerprint density at radius 3 is 2.71 bits per heavy atom. The molecule has 0 spiro atoms. The second kappa shape index (κ2) is 9.10. The molecule has 0 bridgehead atoms. The predicted molar refractivity (Wildman–Crippen MR) is 123 cm³/mol. The minimum absolute atomic E-state index is 0.0139. The van der Waals surface area contributed by atoms with Crippen LogP contribution < -0.4 is 10.6 Å². The Labute approximate surface area is 201 Å². The summed E-state index contributed by atoms with van der Waals surface area (Å²) in [4.78, 5) is 11.0. The SMILES string of the molecule is CS(=O)(=O)N1CCC(Nc2nccc(C3=C(C4=CC=CC(C(F)(F)F)C4)NC4OCCN34)n2)CC1. The van der Waals surface area contributed by atoms with Crippen LogP contribution in [0.4, 0.5) is 19.1 Å². The Bertz CT molecular complexity index is 1180. The first-order chi connectivity index (χ1) is 16.6. The average Bonchev–Trinajstić information content (AvgIpc) is 3.40. The third-order valence-electron chi connectivity index (χ3n) is 6.66. The van der Waals surface area contributed by atoms with Crippen molar-refractivity contribution in [3.8, 4) is 0 Å². The van der Waals surface area contributed by atoms with Crippen molar-refractivity contribution in [3.05, 3.63) is 47.5 Å². The molecule has 0 radical (unpaired) electrons. The van der Waals surface area contributed by atoms with Gasteiger partial charge in [0, 0.05) is 31.9 Å². The van der Waals surface area contributed by atoms with Crippen LogP contribution in [-0.2, 0) is 14.8 Å². The summed E-state index contributed by atoms with van der Waals surface area (Å²) in [5, 5.41) is 6.52. The fourth-order valence-corrected chi connectivity index (χ4v) is 5.71. The number of fused-ring (bicyclic) bond motifs is 1. The van der Waals surface area contributed by atoms with Gasteiger partial charge in [0.05, 0.1) is 35.9 Å². The second-order valence-corrected chi connectivity index (χ2v) is 11.0. The van der Waals surface area contributed by atoms with Crippen LogP contribution >= 0.6 is 0 Å². The van der Waals surface area contributed by atoms with Gasteiger partial charge in [-0.2, -0.15) is 13.2 Å².